The molecule has 0 bridgehead atoms. The van der Waals surface area contributed by atoms with Gasteiger partial charge in [0.15, 0.2) is 0 Å². The molecule has 0 N–H and O–H groups in total. The van der Waals surface area contributed by atoms with E-state index in [0.717, 1.165) is 25.0 Å². The summed E-state index contributed by atoms with van der Waals surface area (Å²) >= 11 is 0. The van der Waals surface area contributed by atoms with Crippen molar-refractivity contribution in [1.29, 1.82) is 0 Å². The van der Waals surface area contributed by atoms with Crippen LogP contribution < -0.4 is 4.74 Å². The van der Waals surface area contributed by atoms with E-state index in [4.69, 9.17) is 14.5 Å². The summed E-state index contributed by atoms with van der Waals surface area (Å²) in [5.74, 6) is 1.18. The van der Waals surface area contributed by atoms with E-state index in [1.807, 2.05) is 19.1 Å². The molecule has 26 heavy (non-hydrogen) atoms. The average Bonchev–Trinajstić information content (AvgIpc) is 3.50. The summed E-state index contributed by atoms with van der Waals surface area (Å²) in [7, 11) is 0. The molecule has 0 atom stereocenters. The number of carbonyl (C=O) groups excluding carboxylic acids is 1. The summed E-state index contributed by atoms with van der Waals surface area (Å²) in [5.41, 5.74) is 3.50. The second-order valence-corrected chi connectivity index (χ2v) is 6.72. The van der Waals surface area contributed by atoms with Crippen LogP contribution in [0.25, 0.3) is 11.1 Å². The number of rotatable bonds is 10. The zero-order valence-corrected chi connectivity index (χ0v) is 15.4. The minimum atomic E-state index is -0.111. The van der Waals surface area contributed by atoms with Gasteiger partial charge in [0.25, 0.3) is 0 Å². The van der Waals surface area contributed by atoms with Gasteiger partial charge >= 0.3 is 5.97 Å². The molecule has 138 valence electrons. The van der Waals surface area contributed by atoms with Gasteiger partial charge in [0.2, 0.25) is 5.88 Å². The van der Waals surface area contributed by atoms with Gasteiger partial charge in [-0.1, -0.05) is 30.3 Å². The average molecular weight is 353 g/mol. The second-order valence-electron chi connectivity index (χ2n) is 6.72. The maximum Gasteiger partial charge on any atom is 0.305 e. The van der Waals surface area contributed by atoms with Crippen molar-refractivity contribution in [2.24, 2.45) is 0 Å². The highest BCUT2D eigenvalue weighted by Gasteiger charge is 2.26. The van der Waals surface area contributed by atoms with Gasteiger partial charge in [0.05, 0.1) is 13.2 Å². The highest BCUT2D eigenvalue weighted by molar-refractivity contribution is 5.69. The quantitative estimate of drug-likeness (QED) is 0.439. The number of nitrogens with zero attached hydrogens (tertiary/aromatic N) is 1. The molecule has 1 aromatic carbocycles. The predicted molar refractivity (Wildman–Crippen MR) is 102 cm³/mol. The van der Waals surface area contributed by atoms with E-state index in [9.17, 15) is 4.79 Å². The molecule has 1 fully saturated rings. The van der Waals surface area contributed by atoms with E-state index < -0.39 is 0 Å². The first kappa shape index (κ1) is 18.4. The lowest BCUT2D eigenvalue weighted by Crippen LogP contribution is -2.04. The topological polar surface area (TPSA) is 48.4 Å². The summed E-state index contributed by atoms with van der Waals surface area (Å²) in [4.78, 5) is 16.0. The van der Waals surface area contributed by atoms with E-state index in [0.29, 0.717) is 31.4 Å². The zero-order chi connectivity index (χ0) is 18.2. The van der Waals surface area contributed by atoms with E-state index in [-0.39, 0.29) is 5.97 Å². The number of aromatic nitrogens is 1. The summed E-state index contributed by atoms with van der Waals surface area (Å²) in [6.45, 7) is 2.91. The number of esters is 1. The Morgan fingerprint density at radius 1 is 1.08 bits per heavy atom. The van der Waals surface area contributed by atoms with Gasteiger partial charge in [-0.3, -0.25) is 4.79 Å². The largest absolute Gasteiger partial charge is 0.478 e. The van der Waals surface area contributed by atoms with Gasteiger partial charge in [-0.2, -0.15) is 0 Å². The Morgan fingerprint density at radius 3 is 2.62 bits per heavy atom. The second kappa shape index (κ2) is 9.37. The molecular weight excluding hydrogens is 326 g/mol. The van der Waals surface area contributed by atoms with Crippen molar-refractivity contribution in [3.8, 4) is 17.0 Å². The number of pyridine rings is 1. The van der Waals surface area contributed by atoms with Crippen LogP contribution in [0.1, 0.15) is 57.1 Å². The minimum absolute atomic E-state index is 0.111. The lowest BCUT2D eigenvalue weighted by molar-refractivity contribution is -0.143. The number of carbonyl (C=O) groups is 1. The van der Waals surface area contributed by atoms with Crippen LogP contribution in [0.4, 0.5) is 0 Å². The minimum Gasteiger partial charge on any atom is -0.478 e. The van der Waals surface area contributed by atoms with E-state index >= 15 is 0 Å². The lowest BCUT2D eigenvalue weighted by atomic mass is 10.1. The van der Waals surface area contributed by atoms with Crippen molar-refractivity contribution in [2.75, 3.05) is 13.2 Å². The maximum absolute atomic E-state index is 11.3. The first-order chi connectivity index (χ1) is 12.8. The summed E-state index contributed by atoms with van der Waals surface area (Å²) < 4.78 is 10.8. The van der Waals surface area contributed by atoms with Gasteiger partial charge in [0, 0.05) is 24.1 Å². The van der Waals surface area contributed by atoms with Gasteiger partial charge in [-0.15, -0.1) is 0 Å². The molecule has 0 saturated heterocycles. The molecule has 1 aromatic heterocycles. The Hall–Kier alpha value is -2.36. The molecule has 1 aliphatic rings. The SMILES string of the molecule is CCOC(=O)CCCCCOc1cc(-c2ccccc2)cc(C2CC2)n1. The summed E-state index contributed by atoms with van der Waals surface area (Å²) in [5, 5.41) is 0. The van der Waals surface area contributed by atoms with E-state index in [2.05, 4.69) is 30.3 Å². The van der Waals surface area contributed by atoms with Crippen molar-refractivity contribution in [2.45, 2.75) is 51.4 Å². The Kier molecular flexibility index (Phi) is 6.64. The van der Waals surface area contributed by atoms with Crippen LogP contribution in [-0.4, -0.2) is 24.2 Å². The Morgan fingerprint density at radius 2 is 1.88 bits per heavy atom. The van der Waals surface area contributed by atoms with Crippen LogP contribution >= 0.6 is 0 Å². The smallest absolute Gasteiger partial charge is 0.305 e. The molecule has 0 aliphatic heterocycles. The number of hydrogen-bond acceptors (Lipinski definition) is 4. The molecule has 4 heteroatoms. The molecule has 0 spiro atoms. The molecule has 2 aromatic rings. The van der Waals surface area contributed by atoms with Gasteiger partial charge in [-0.25, -0.2) is 4.98 Å². The first-order valence-electron chi connectivity index (χ1n) is 9.62. The fraction of sp³-hybridized carbons (Fsp3) is 0.455. The molecular formula is C22H27NO3. The molecule has 3 rings (SSSR count). The van der Waals surface area contributed by atoms with Crippen LogP contribution in [0, 0.1) is 0 Å². The van der Waals surface area contributed by atoms with Crippen LogP contribution in [-0.2, 0) is 9.53 Å². The highest BCUT2D eigenvalue weighted by Crippen LogP contribution is 2.41. The molecule has 1 heterocycles. The predicted octanol–water partition coefficient (Wildman–Crippen LogP) is 5.13. The van der Waals surface area contributed by atoms with Gasteiger partial charge in [0.1, 0.15) is 0 Å². The van der Waals surface area contributed by atoms with Crippen molar-refractivity contribution in [1.82, 2.24) is 4.98 Å². The molecule has 1 saturated carbocycles. The number of hydrogen-bond donors (Lipinski definition) is 0. The zero-order valence-electron chi connectivity index (χ0n) is 15.4. The monoisotopic (exact) mass is 353 g/mol. The van der Waals surface area contributed by atoms with Crippen LogP contribution in [0.2, 0.25) is 0 Å². The third-order valence-electron chi connectivity index (χ3n) is 4.50. The lowest BCUT2D eigenvalue weighted by Gasteiger charge is -2.10. The maximum atomic E-state index is 11.3. The summed E-state index contributed by atoms with van der Waals surface area (Å²) in [6, 6.07) is 14.6. The van der Waals surface area contributed by atoms with E-state index in [1.165, 1.54) is 24.0 Å². The van der Waals surface area contributed by atoms with E-state index in [1.54, 1.807) is 0 Å². The molecule has 1 aliphatic carbocycles. The third kappa shape index (κ3) is 5.58. The number of unbranched alkanes of at least 4 members (excludes halogenated alkanes) is 2. The Balaban J connectivity index is 1.53. The standard InChI is InChI=1S/C22H27NO3/c1-2-25-22(24)11-7-4-8-14-26-21-16-19(17-9-5-3-6-10-17)15-20(23-21)18-12-13-18/h3,5-6,9-10,15-16,18H,2,4,7-8,11-14H2,1H3. The molecule has 0 amide bonds. The van der Waals surface area contributed by atoms with Crippen molar-refractivity contribution < 1.29 is 14.3 Å². The molecule has 4 nitrogen and oxygen atoms in total. The molecule has 0 unspecified atom stereocenters. The molecule has 0 radical (unpaired) electrons. The summed E-state index contributed by atoms with van der Waals surface area (Å²) in [6.07, 6.45) is 5.63. The Labute approximate surface area is 155 Å². The first-order valence-corrected chi connectivity index (χ1v) is 9.62. The van der Waals surface area contributed by atoms with Gasteiger partial charge < -0.3 is 9.47 Å². The third-order valence-corrected chi connectivity index (χ3v) is 4.50. The van der Waals surface area contributed by atoms with Crippen LogP contribution in [0.5, 0.6) is 5.88 Å². The van der Waals surface area contributed by atoms with Crippen LogP contribution in [0.3, 0.4) is 0 Å². The fourth-order valence-electron chi connectivity index (χ4n) is 2.94. The van der Waals surface area contributed by atoms with Gasteiger partial charge in [-0.05, 0) is 56.2 Å². The highest BCUT2D eigenvalue weighted by atomic mass is 16.5. The van der Waals surface area contributed by atoms with Crippen molar-refractivity contribution in [3.05, 3.63) is 48.2 Å². The van der Waals surface area contributed by atoms with Crippen molar-refractivity contribution in [3.63, 3.8) is 0 Å². The Bertz CT molecular complexity index is 711. The number of benzene rings is 1. The normalized spacial score (nSPS) is 13.4. The van der Waals surface area contributed by atoms with Crippen molar-refractivity contribution >= 4 is 5.97 Å². The fourth-order valence-corrected chi connectivity index (χ4v) is 2.94. The number of ether oxygens (including phenoxy) is 2. The van der Waals surface area contributed by atoms with Crippen LogP contribution in [0.15, 0.2) is 42.5 Å².